The zero-order valence-electron chi connectivity index (χ0n) is 12.4. The van der Waals surface area contributed by atoms with Crippen LogP contribution in [0.2, 0.25) is 0 Å². The Balaban J connectivity index is 2.06. The minimum absolute atomic E-state index is 0.0320. The lowest BCUT2D eigenvalue weighted by atomic mass is 10.2. The number of phenolic OH excluding ortho intramolecular Hbond substituents is 1. The normalized spacial score (nSPS) is 11.5. The van der Waals surface area contributed by atoms with Gasteiger partial charge >= 0.3 is 5.97 Å². The van der Waals surface area contributed by atoms with Crippen molar-refractivity contribution in [3.05, 3.63) is 60.2 Å². The van der Waals surface area contributed by atoms with Gasteiger partial charge in [0.1, 0.15) is 11.3 Å². The van der Waals surface area contributed by atoms with E-state index in [4.69, 9.17) is 4.74 Å². The van der Waals surface area contributed by atoms with Crippen LogP contribution in [-0.4, -0.2) is 30.1 Å². The zero-order valence-corrected chi connectivity index (χ0v) is 12.4. The quantitative estimate of drug-likeness (QED) is 0.881. The SMILES string of the molecule is C[C@H](OC(=O)c1ccccc1O)C(=O)N(C)c1ccccc1. The molecule has 0 radical (unpaired) electrons. The van der Waals surface area contributed by atoms with Crippen LogP contribution in [0, 0.1) is 0 Å². The van der Waals surface area contributed by atoms with Crippen molar-refractivity contribution in [3.8, 4) is 5.75 Å². The first-order valence-corrected chi connectivity index (χ1v) is 6.82. The predicted octanol–water partition coefficient (Wildman–Crippen LogP) is 2.60. The molecule has 114 valence electrons. The summed E-state index contributed by atoms with van der Waals surface area (Å²) in [5.74, 6) is -1.26. The van der Waals surface area contributed by atoms with Gasteiger partial charge in [-0.15, -0.1) is 0 Å². The number of rotatable bonds is 4. The van der Waals surface area contributed by atoms with Crippen molar-refractivity contribution in [2.45, 2.75) is 13.0 Å². The molecule has 5 nitrogen and oxygen atoms in total. The van der Waals surface area contributed by atoms with Crippen molar-refractivity contribution in [3.63, 3.8) is 0 Å². The molecule has 0 aromatic heterocycles. The Morgan fingerprint density at radius 3 is 2.27 bits per heavy atom. The van der Waals surface area contributed by atoms with E-state index < -0.39 is 12.1 Å². The van der Waals surface area contributed by atoms with E-state index in [0.717, 1.165) is 0 Å². The van der Waals surface area contributed by atoms with Crippen LogP contribution < -0.4 is 4.90 Å². The fraction of sp³-hybridized carbons (Fsp3) is 0.176. The van der Waals surface area contributed by atoms with Gasteiger partial charge in [0.2, 0.25) is 0 Å². The minimum atomic E-state index is -0.961. The maximum absolute atomic E-state index is 12.3. The van der Waals surface area contributed by atoms with Crippen molar-refractivity contribution in [1.29, 1.82) is 0 Å². The summed E-state index contributed by atoms with van der Waals surface area (Å²) < 4.78 is 5.13. The number of carbonyl (C=O) groups is 2. The van der Waals surface area contributed by atoms with E-state index in [0.29, 0.717) is 5.69 Å². The molecular weight excluding hydrogens is 282 g/mol. The highest BCUT2D eigenvalue weighted by molar-refractivity contribution is 5.99. The molecule has 0 saturated heterocycles. The zero-order chi connectivity index (χ0) is 16.1. The first kappa shape index (κ1) is 15.6. The molecule has 0 aliphatic carbocycles. The van der Waals surface area contributed by atoms with Gasteiger partial charge in [-0.2, -0.15) is 0 Å². The summed E-state index contributed by atoms with van der Waals surface area (Å²) in [5, 5.41) is 9.62. The number of ether oxygens (including phenoxy) is 1. The molecule has 0 fully saturated rings. The van der Waals surface area contributed by atoms with E-state index in [2.05, 4.69) is 0 Å². The van der Waals surface area contributed by atoms with Crippen LogP contribution in [0.3, 0.4) is 0 Å². The van der Waals surface area contributed by atoms with Gasteiger partial charge in [-0.05, 0) is 31.2 Å². The van der Waals surface area contributed by atoms with Gasteiger partial charge in [0.15, 0.2) is 6.10 Å². The van der Waals surface area contributed by atoms with Gasteiger partial charge in [-0.25, -0.2) is 4.79 Å². The summed E-state index contributed by atoms with van der Waals surface area (Å²) in [6, 6.07) is 15.1. The first-order chi connectivity index (χ1) is 10.5. The smallest absolute Gasteiger partial charge is 0.342 e. The Hall–Kier alpha value is -2.82. The molecule has 0 unspecified atom stereocenters. The van der Waals surface area contributed by atoms with Crippen LogP contribution in [0.5, 0.6) is 5.75 Å². The number of para-hydroxylation sites is 2. The average molecular weight is 299 g/mol. The standard InChI is InChI=1S/C17H17NO4/c1-12(16(20)18(2)13-8-4-3-5-9-13)22-17(21)14-10-6-7-11-15(14)19/h3-12,19H,1-2H3/t12-/m0/s1. The van der Waals surface area contributed by atoms with Crippen molar-refractivity contribution >= 4 is 17.6 Å². The number of esters is 1. The van der Waals surface area contributed by atoms with Crippen LogP contribution in [-0.2, 0) is 9.53 Å². The van der Waals surface area contributed by atoms with Crippen LogP contribution in [0.4, 0.5) is 5.69 Å². The van der Waals surface area contributed by atoms with E-state index >= 15 is 0 Å². The van der Waals surface area contributed by atoms with Crippen molar-refractivity contribution in [2.24, 2.45) is 0 Å². The number of aromatic hydroxyl groups is 1. The second-order valence-electron chi connectivity index (χ2n) is 4.80. The number of anilines is 1. The molecule has 1 amide bonds. The third-order valence-electron chi connectivity index (χ3n) is 3.23. The second kappa shape index (κ2) is 6.76. The highest BCUT2D eigenvalue weighted by Gasteiger charge is 2.24. The largest absolute Gasteiger partial charge is 0.507 e. The number of hydrogen-bond donors (Lipinski definition) is 1. The van der Waals surface area contributed by atoms with Gasteiger partial charge in [0, 0.05) is 12.7 Å². The molecule has 0 saturated carbocycles. The van der Waals surface area contributed by atoms with Crippen LogP contribution >= 0.6 is 0 Å². The molecule has 2 rings (SSSR count). The van der Waals surface area contributed by atoms with Crippen molar-refractivity contribution < 1.29 is 19.4 Å². The Morgan fingerprint density at radius 2 is 1.64 bits per heavy atom. The van der Waals surface area contributed by atoms with E-state index in [-0.39, 0.29) is 17.2 Å². The summed E-state index contributed by atoms with van der Waals surface area (Å²) in [7, 11) is 1.61. The van der Waals surface area contributed by atoms with Gasteiger partial charge in [0.25, 0.3) is 5.91 Å². The van der Waals surface area contributed by atoms with E-state index in [1.54, 1.807) is 31.3 Å². The number of likely N-dealkylation sites (N-methyl/N-ethyl adjacent to an activating group) is 1. The minimum Gasteiger partial charge on any atom is -0.507 e. The lowest BCUT2D eigenvalue weighted by Crippen LogP contribution is -2.37. The Kier molecular flexibility index (Phi) is 4.78. The van der Waals surface area contributed by atoms with Crippen LogP contribution in [0.15, 0.2) is 54.6 Å². The van der Waals surface area contributed by atoms with Crippen molar-refractivity contribution in [1.82, 2.24) is 0 Å². The molecule has 0 aliphatic heterocycles. The number of amides is 1. The molecule has 22 heavy (non-hydrogen) atoms. The summed E-state index contributed by atoms with van der Waals surface area (Å²) >= 11 is 0. The fourth-order valence-electron chi connectivity index (χ4n) is 1.97. The molecule has 5 heteroatoms. The third-order valence-corrected chi connectivity index (χ3v) is 3.23. The Morgan fingerprint density at radius 1 is 1.05 bits per heavy atom. The second-order valence-corrected chi connectivity index (χ2v) is 4.80. The number of phenols is 1. The van der Waals surface area contributed by atoms with Crippen LogP contribution in [0.1, 0.15) is 17.3 Å². The van der Waals surface area contributed by atoms with E-state index in [1.807, 2.05) is 18.2 Å². The lowest BCUT2D eigenvalue weighted by molar-refractivity contribution is -0.126. The molecule has 0 spiro atoms. The molecule has 0 bridgehead atoms. The summed E-state index contributed by atoms with van der Waals surface area (Å²) in [6.45, 7) is 1.50. The first-order valence-electron chi connectivity index (χ1n) is 6.82. The highest BCUT2D eigenvalue weighted by Crippen LogP contribution is 2.18. The van der Waals surface area contributed by atoms with Crippen LogP contribution in [0.25, 0.3) is 0 Å². The highest BCUT2D eigenvalue weighted by atomic mass is 16.5. The molecule has 1 N–H and O–H groups in total. The van der Waals surface area contributed by atoms with Crippen molar-refractivity contribution in [2.75, 3.05) is 11.9 Å². The van der Waals surface area contributed by atoms with Gasteiger partial charge in [-0.3, -0.25) is 4.79 Å². The monoisotopic (exact) mass is 299 g/mol. The molecule has 1 atom stereocenters. The Bertz CT molecular complexity index is 669. The summed E-state index contributed by atoms with van der Waals surface area (Å²) in [5.41, 5.74) is 0.738. The maximum atomic E-state index is 12.3. The van der Waals surface area contributed by atoms with Gasteiger partial charge < -0.3 is 14.7 Å². The molecule has 0 heterocycles. The summed E-state index contributed by atoms with van der Waals surface area (Å²) in [6.07, 6.45) is -0.961. The van der Waals surface area contributed by atoms with E-state index in [1.165, 1.54) is 24.0 Å². The maximum Gasteiger partial charge on any atom is 0.342 e. The lowest BCUT2D eigenvalue weighted by Gasteiger charge is -2.21. The third kappa shape index (κ3) is 3.44. The van der Waals surface area contributed by atoms with Gasteiger partial charge in [0.05, 0.1) is 0 Å². The topological polar surface area (TPSA) is 66.8 Å². The fourth-order valence-corrected chi connectivity index (χ4v) is 1.97. The summed E-state index contributed by atoms with van der Waals surface area (Å²) in [4.78, 5) is 25.7. The van der Waals surface area contributed by atoms with Gasteiger partial charge in [-0.1, -0.05) is 30.3 Å². The predicted molar refractivity (Wildman–Crippen MR) is 82.8 cm³/mol. The molecule has 2 aromatic carbocycles. The van der Waals surface area contributed by atoms with E-state index in [9.17, 15) is 14.7 Å². The number of benzene rings is 2. The number of carbonyl (C=O) groups excluding carboxylic acids is 2. The molecule has 0 aliphatic rings. The molecule has 2 aromatic rings. The number of nitrogens with zero attached hydrogens (tertiary/aromatic N) is 1. The average Bonchev–Trinajstić information content (AvgIpc) is 2.54. The number of hydrogen-bond acceptors (Lipinski definition) is 4. The Labute approximate surface area is 128 Å². The molecular formula is C17H17NO4.